The van der Waals surface area contributed by atoms with Gasteiger partial charge in [0.05, 0.1) is 6.61 Å². The van der Waals surface area contributed by atoms with E-state index in [1.165, 1.54) is 15.2 Å². The number of nitrogens with one attached hydrogen (secondary N) is 1. The zero-order valence-corrected chi connectivity index (χ0v) is 11.3. The summed E-state index contributed by atoms with van der Waals surface area (Å²) in [7, 11) is 0. The number of rotatable bonds is 6. The van der Waals surface area contributed by atoms with Gasteiger partial charge < -0.3 is 14.6 Å². The first-order valence-corrected chi connectivity index (χ1v) is 6.81. The Bertz CT molecular complexity index is 515. The molecule has 0 aromatic carbocycles. The Labute approximate surface area is 112 Å². The van der Waals surface area contributed by atoms with Gasteiger partial charge in [0.25, 0.3) is 5.56 Å². The van der Waals surface area contributed by atoms with Crippen molar-refractivity contribution in [2.45, 2.75) is 26.4 Å². The molecular weight excluding hydrogens is 246 g/mol. The van der Waals surface area contributed by atoms with E-state index in [1.54, 1.807) is 6.20 Å². The summed E-state index contributed by atoms with van der Waals surface area (Å²) in [6.45, 7) is 6.02. The third kappa shape index (κ3) is 3.54. The Hall–Kier alpha value is -1.40. The summed E-state index contributed by atoms with van der Waals surface area (Å²) < 4.78 is 8.11. The zero-order chi connectivity index (χ0) is 13.7. The third-order valence-corrected chi connectivity index (χ3v) is 3.45. The molecule has 2 rings (SSSR count). The number of hydrogen-bond donors (Lipinski definition) is 1. The van der Waals surface area contributed by atoms with Crippen molar-refractivity contribution in [3.05, 3.63) is 33.1 Å². The average molecular weight is 267 g/mol. The average Bonchev–Trinajstić information content (AvgIpc) is 2.91. The maximum atomic E-state index is 11.9. The summed E-state index contributed by atoms with van der Waals surface area (Å²) in [5.41, 5.74) is -0.471. The van der Waals surface area contributed by atoms with Gasteiger partial charge in [-0.15, -0.1) is 0 Å². The Kier molecular flexibility index (Phi) is 4.93. The first kappa shape index (κ1) is 14.0. The Balaban J connectivity index is 1.88. The van der Waals surface area contributed by atoms with Gasteiger partial charge in [-0.2, -0.15) is 0 Å². The molecule has 1 atom stereocenters. The van der Waals surface area contributed by atoms with Crippen molar-refractivity contribution < 1.29 is 4.74 Å². The minimum atomic E-state index is -0.235. The zero-order valence-electron chi connectivity index (χ0n) is 11.3. The van der Waals surface area contributed by atoms with E-state index in [2.05, 4.69) is 5.32 Å². The number of nitrogens with zero attached hydrogens (tertiary/aromatic N) is 2. The largest absolute Gasteiger partial charge is 0.381 e. The maximum Gasteiger partial charge on any atom is 0.330 e. The van der Waals surface area contributed by atoms with E-state index < -0.39 is 0 Å². The molecule has 0 bridgehead atoms. The molecule has 2 heterocycles. The lowest BCUT2D eigenvalue weighted by Gasteiger charge is -2.11. The van der Waals surface area contributed by atoms with E-state index in [0.29, 0.717) is 25.6 Å². The summed E-state index contributed by atoms with van der Waals surface area (Å²) >= 11 is 0. The molecule has 19 heavy (non-hydrogen) atoms. The molecular formula is C13H21N3O3. The highest BCUT2D eigenvalue weighted by atomic mass is 16.5. The molecule has 1 aliphatic heterocycles. The van der Waals surface area contributed by atoms with Crippen LogP contribution in [-0.4, -0.2) is 35.4 Å². The van der Waals surface area contributed by atoms with E-state index >= 15 is 0 Å². The van der Waals surface area contributed by atoms with Gasteiger partial charge in [0, 0.05) is 45.0 Å². The highest BCUT2D eigenvalue weighted by molar-refractivity contribution is 4.86. The molecule has 1 aromatic heterocycles. The van der Waals surface area contributed by atoms with Crippen molar-refractivity contribution in [2.75, 3.05) is 26.3 Å². The molecule has 6 heteroatoms. The lowest BCUT2D eigenvalue weighted by molar-refractivity contribution is 0.185. The van der Waals surface area contributed by atoms with Gasteiger partial charge in [-0.3, -0.25) is 9.36 Å². The van der Waals surface area contributed by atoms with Crippen LogP contribution in [0, 0.1) is 5.92 Å². The summed E-state index contributed by atoms with van der Waals surface area (Å²) in [5.74, 6) is 0.555. The molecule has 0 radical (unpaired) electrons. The van der Waals surface area contributed by atoms with Crippen LogP contribution in [-0.2, 0) is 17.8 Å². The predicted molar refractivity (Wildman–Crippen MR) is 72.4 cm³/mol. The van der Waals surface area contributed by atoms with Crippen LogP contribution in [0.2, 0.25) is 0 Å². The number of hydrogen-bond acceptors (Lipinski definition) is 4. The van der Waals surface area contributed by atoms with Crippen LogP contribution >= 0.6 is 0 Å². The Morgan fingerprint density at radius 3 is 3.00 bits per heavy atom. The fourth-order valence-corrected chi connectivity index (χ4v) is 2.24. The van der Waals surface area contributed by atoms with Gasteiger partial charge in [-0.1, -0.05) is 0 Å². The maximum absolute atomic E-state index is 11.9. The fourth-order valence-electron chi connectivity index (χ4n) is 2.24. The fraction of sp³-hybridized carbons (Fsp3) is 0.692. The lowest BCUT2D eigenvalue weighted by atomic mass is 10.1. The molecule has 0 saturated carbocycles. The van der Waals surface area contributed by atoms with Crippen molar-refractivity contribution in [3.8, 4) is 0 Å². The van der Waals surface area contributed by atoms with Gasteiger partial charge in [-0.05, 0) is 19.3 Å². The van der Waals surface area contributed by atoms with Crippen LogP contribution in [0.3, 0.4) is 0 Å². The second-order valence-electron chi connectivity index (χ2n) is 4.81. The molecule has 1 aromatic rings. The van der Waals surface area contributed by atoms with Crippen LogP contribution in [0.4, 0.5) is 0 Å². The predicted octanol–water partition coefficient (Wildman–Crippen LogP) is -0.344. The number of aromatic nitrogens is 2. The van der Waals surface area contributed by atoms with Crippen molar-refractivity contribution >= 4 is 0 Å². The molecule has 1 fully saturated rings. The molecule has 106 valence electrons. The van der Waals surface area contributed by atoms with Crippen molar-refractivity contribution in [1.82, 2.24) is 14.5 Å². The van der Waals surface area contributed by atoms with E-state index in [0.717, 1.165) is 26.2 Å². The topological polar surface area (TPSA) is 65.3 Å². The minimum Gasteiger partial charge on any atom is -0.381 e. The molecule has 1 unspecified atom stereocenters. The molecule has 0 amide bonds. The van der Waals surface area contributed by atoms with E-state index in [1.807, 2.05) is 6.92 Å². The van der Waals surface area contributed by atoms with E-state index in [-0.39, 0.29) is 11.2 Å². The quantitative estimate of drug-likeness (QED) is 0.716. The molecule has 1 N–H and O–H groups in total. The van der Waals surface area contributed by atoms with Crippen LogP contribution in [0.25, 0.3) is 0 Å². The summed E-state index contributed by atoms with van der Waals surface area (Å²) in [6.07, 6.45) is 2.63. The highest BCUT2D eigenvalue weighted by Crippen LogP contribution is 2.10. The van der Waals surface area contributed by atoms with Crippen molar-refractivity contribution in [3.63, 3.8) is 0 Å². The summed E-state index contributed by atoms with van der Waals surface area (Å²) in [5, 5.41) is 3.28. The van der Waals surface area contributed by atoms with E-state index in [9.17, 15) is 9.59 Å². The first-order valence-electron chi connectivity index (χ1n) is 6.81. The van der Waals surface area contributed by atoms with Crippen LogP contribution < -0.4 is 16.6 Å². The Morgan fingerprint density at radius 1 is 1.47 bits per heavy atom. The molecule has 0 aliphatic carbocycles. The standard InChI is InChI=1S/C13H21N3O3/c1-2-15-6-3-12(17)16(13(15)18)7-5-14-9-11-4-8-19-10-11/h3,6,11,14H,2,4-5,7-10H2,1H3. The van der Waals surface area contributed by atoms with E-state index in [4.69, 9.17) is 4.74 Å². The Morgan fingerprint density at radius 2 is 2.32 bits per heavy atom. The van der Waals surface area contributed by atoms with Crippen LogP contribution in [0.5, 0.6) is 0 Å². The smallest absolute Gasteiger partial charge is 0.330 e. The first-order chi connectivity index (χ1) is 9.22. The van der Waals surface area contributed by atoms with Gasteiger partial charge >= 0.3 is 5.69 Å². The summed E-state index contributed by atoms with van der Waals surface area (Å²) in [4.78, 5) is 23.6. The van der Waals surface area contributed by atoms with Crippen LogP contribution in [0.1, 0.15) is 13.3 Å². The summed E-state index contributed by atoms with van der Waals surface area (Å²) in [6, 6.07) is 1.44. The van der Waals surface area contributed by atoms with Gasteiger partial charge in [0.1, 0.15) is 0 Å². The lowest BCUT2D eigenvalue weighted by Crippen LogP contribution is -2.41. The third-order valence-electron chi connectivity index (χ3n) is 3.45. The SMILES string of the molecule is CCn1ccc(=O)n(CCNCC2CCOC2)c1=O. The van der Waals surface area contributed by atoms with Crippen molar-refractivity contribution in [2.24, 2.45) is 5.92 Å². The number of aryl methyl sites for hydroxylation is 1. The van der Waals surface area contributed by atoms with Gasteiger partial charge in [0.2, 0.25) is 0 Å². The highest BCUT2D eigenvalue weighted by Gasteiger charge is 2.14. The normalized spacial score (nSPS) is 18.9. The minimum absolute atomic E-state index is 0.235. The van der Waals surface area contributed by atoms with Gasteiger partial charge in [-0.25, -0.2) is 4.79 Å². The van der Waals surface area contributed by atoms with Crippen molar-refractivity contribution in [1.29, 1.82) is 0 Å². The molecule has 0 spiro atoms. The molecule has 1 saturated heterocycles. The second-order valence-corrected chi connectivity index (χ2v) is 4.81. The second kappa shape index (κ2) is 6.68. The number of ether oxygens (including phenoxy) is 1. The van der Waals surface area contributed by atoms with Crippen LogP contribution in [0.15, 0.2) is 21.9 Å². The molecule has 1 aliphatic rings. The monoisotopic (exact) mass is 267 g/mol. The molecule has 6 nitrogen and oxygen atoms in total. The van der Waals surface area contributed by atoms with Gasteiger partial charge in [0.15, 0.2) is 0 Å².